The van der Waals surface area contributed by atoms with Crippen molar-refractivity contribution < 1.29 is 9.59 Å². The van der Waals surface area contributed by atoms with Crippen molar-refractivity contribution in [1.29, 1.82) is 0 Å². The minimum absolute atomic E-state index is 0.173. The Kier molecular flexibility index (Phi) is 4.03. The van der Waals surface area contributed by atoms with Gasteiger partial charge in [0.1, 0.15) is 0 Å². The van der Waals surface area contributed by atoms with E-state index in [-0.39, 0.29) is 11.8 Å². The summed E-state index contributed by atoms with van der Waals surface area (Å²) < 4.78 is 0. The van der Waals surface area contributed by atoms with Gasteiger partial charge in [-0.3, -0.25) is 19.4 Å². The molecule has 1 saturated heterocycles. The van der Waals surface area contributed by atoms with Crippen molar-refractivity contribution in [3.05, 3.63) is 35.4 Å². The Hall–Kier alpha value is -1.72. The number of nitrogens with two attached hydrogens (primary N) is 1. The van der Waals surface area contributed by atoms with Gasteiger partial charge in [-0.25, -0.2) is 0 Å². The van der Waals surface area contributed by atoms with Crippen molar-refractivity contribution >= 4 is 11.8 Å². The van der Waals surface area contributed by atoms with Crippen molar-refractivity contribution in [2.24, 2.45) is 5.73 Å². The summed E-state index contributed by atoms with van der Waals surface area (Å²) in [6.07, 6.45) is 4.33. The van der Waals surface area contributed by atoms with Crippen LogP contribution in [-0.4, -0.2) is 47.4 Å². The number of likely N-dealkylation sites (tertiary alicyclic amines) is 1. The highest BCUT2D eigenvalue weighted by Gasteiger charge is 2.37. The largest absolute Gasteiger partial charge is 0.330 e. The fourth-order valence-electron chi connectivity index (χ4n) is 3.31. The molecule has 2 aliphatic rings. The Labute approximate surface area is 124 Å². The average Bonchev–Trinajstić information content (AvgIpc) is 2.75. The third kappa shape index (κ3) is 2.59. The van der Waals surface area contributed by atoms with Crippen LogP contribution in [0.3, 0.4) is 0 Å². The molecule has 0 bridgehead atoms. The van der Waals surface area contributed by atoms with Crippen LogP contribution >= 0.6 is 0 Å². The van der Waals surface area contributed by atoms with Crippen LogP contribution in [0.5, 0.6) is 0 Å². The molecule has 0 spiro atoms. The topological polar surface area (TPSA) is 66.6 Å². The first-order valence-electron chi connectivity index (χ1n) is 7.61. The van der Waals surface area contributed by atoms with Crippen molar-refractivity contribution in [3.8, 4) is 0 Å². The molecule has 0 aromatic heterocycles. The first-order valence-corrected chi connectivity index (χ1v) is 7.61. The molecular weight excluding hydrogens is 266 g/mol. The molecule has 21 heavy (non-hydrogen) atoms. The summed E-state index contributed by atoms with van der Waals surface area (Å²) in [5.41, 5.74) is 6.73. The van der Waals surface area contributed by atoms with Gasteiger partial charge in [0.25, 0.3) is 11.8 Å². The number of hydrogen-bond acceptors (Lipinski definition) is 4. The zero-order valence-electron chi connectivity index (χ0n) is 12.1. The lowest BCUT2D eigenvalue weighted by Gasteiger charge is -2.37. The summed E-state index contributed by atoms with van der Waals surface area (Å²) in [6, 6.07) is 7.43. The Bertz CT molecular complexity index is 521. The van der Waals surface area contributed by atoms with Gasteiger partial charge in [0.05, 0.1) is 17.8 Å². The number of piperidine rings is 1. The van der Waals surface area contributed by atoms with Gasteiger partial charge in [-0.15, -0.1) is 0 Å². The van der Waals surface area contributed by atoms with E-state index in [0.717, 1.165) is 25.8 Å². The molecule has 1 aromatic carbocycles. The summed E-state index contributed by atoms with van der Waals surface area (Å²) in [5, 5.41) is 0. The normalized spacial score (nSPS) is 22.7. The maximum atomic E-state index is 12.4. The zero-order chi connectivity index (χ0) is 14.8. The Morgan fingerprint density at radius 2 is 1.76 bits per heavy atom. The van der Waals surface area contributed by atoms with E-state index in [9.17, 15) is 9.59 Å². The van der Waals surface area contributed by atoms with Gasteiger partial charge in [-0.05, 0) is 37.9 Å². The van der Waals surface area contributed by atoms with E-state index in [1.807, 2.05) is 0 Å². The van der Waals surface area contributed by atoms with Gasteiger partial charge in [0.15, 0.2) is 0 Å². The van der Waals surface area contributed by atoms with Crippen LogP contribution in [0.2, 0.25) is 0 Å². The molecule has 2 aliphatic heterocycles. The third-order valence-electron chi connectivity index (χ3n) is 4.45. The molecule has 1 atom stereocenters. The van der Waals surface area contributed by atoms with Crippen LogP contribution in [-0.2, 0) is 0 Å². The zero-order valence-corrected chi connectivity index (χ0v) is 12.1. The predicted molar refractivity (Wildman–Crippen MR) is 79.8 cm³/mol. The van der Waals surface area contributed by atoms with Crippen molar-refractivity contribution in [2.45, 2.75) is 31.7 Å². The van der Waals surface area contributed by atoms with Crippen LogP contribution in [0, 0.1) is 0 Å². The molecule has 5 nitrogen and oxygen atoms in total. The van der Waals surface area contributed by atoms with Gasteiger partial charge in [0, 0.05) is 12.6 Å². The minimum Gasteiger partial charge on any atom is -0.330 e. The van der Waals surface area contributed by atoms with Crippen LogP contribution in [0.4, 0.5) is 0 Å². The van der Waals surface area contributed by atoms with E-state index in [0.29, 0.717) is 30.4 Å². The Balaban J connectivity index is 1.76. The quantitative estimate of drug-likeness (QED) is 0.851. The molecule has 5 heteroatoms. The van der Waals surface area contributed by atoms with Crippen LogP contribution in [0.15, 0.2) is 24.3 Å². The summed E-state index contributed by atoms with van der Waals surface area (Å²) >= 11 is 0. The van der Waals surface area contributed by atoms with E-state index in [2.05, 4.69) is 4.90 Å². The second-order valence-corrected chi connectivity index (χ2v) is 5.76. The molecule has 0 aliphatic carbocycles. The average molecular weight is 287 g/mol. The number of hydrogen-bond donors (Lipinski definition) is 1. The lowest BCUT2D eigenvalue weighted by Crippen LogP contribution is -2.48. The van der Waals surface area contributed by atoms with Gasteiger partial charge >= 0.3 is 0 Å². The van der Waals surface area contributed by atoms with Gasteiger partial charge < -0.3 is 5.73 Å². The molecule has 0 radical (unpaired) electrons. The third-order valence-corrected chi connectivity index (χ3v) is 4.45. The summed E-state index contributed by atoms with van der Waals surface area (Å²) in [4.78, 5) is 28.4. The maximum Gasteiger partial charge on any atom is 0.262 e. The molecular formula is C16H21N3O2. The summed E-state index contributed by atoms with van der Waals surface area (Å²) in [6.45, 7) is 1.96. The molecule has 0 saturated carbocycles. The molecule has 1 unspecified atom stereocenters. The fraction of sp³-hybridized carbons (Fsp3) is 0.500. The highest BCUT2D eigenvalue weighted by molar-refractivity contribution is 6.21. The molecule has 2 heterocycles. The van der Waals surface area contributed by atoms with E-state index in [1.165, 1.54) is 11.3 Å². The minimum atomic E-state index is -0.173. The van der Waals surface area contributed by atoms with E-state index in [4.69, 9.17) is 5.73 Å². The molecule has 1 aromatic rings. The number of fused-ring (bicyclic) bond motifs is 1. The Morgan fingerprint density at radius 1 is 1.10 bits per heavy atom. The number of rotatable bonds is 4. The van der Waals surface area contributed by atoms with Gasteiger partial charge in [-0.2, -0.15) is 0 Å². The second-order valence-electron chi connectivity index (χ2n) is 5.76. The monoisotopic (exact) mass is 287 g/mol. The number of amides is 2. The second kappa shape index (κ2) is 5.95. The van der Waals surface area contributed by atoms with Crippen LogP contribution in [0.25, 0.3) is 0 Å². The Morgan fingerprint density at radius 3 is 2.38 bits per heavy atom. The standard InChI is InChI=1S/C16H21N3O2/c17-9-8-12-5-3-4-10-18(12)11-19-15(20)13-6-1-2-7-14(13)16(19)21/h1-2,6-7,12H,3-5,8-11,17H2. The fourth-order valence-corrected chi connectivity index (χ4v) is 3.31. The smallest absolute Gasteiger partial charge is 0.262 e. The number of benzene rings is 1. The van der Waals surface area contributed by atoms with Crippen molar-refractivity contribution in [1.82, 2.24) is 9.80 Å². The summed E-state index contributed by atoms with van der Waals surface area (Å²) in [5.74, 6) is -0.347. The van der Waals surface area contributed by atoms with Crippen LogP contribution in [0.1, 0.15) is 46.4 Å². The lowest BCUT2D eigenvalue weighted by atomic mass is 10.00. The van der Waals surface area contributed by atoms with E-state index >= 15 is 0 Å². The van der Waals surface area contributed by atoms with E-state index < -0.39 is 0 Å². The molecule has 1 fully saturated rings. The number of nitrogens with zero attached hydrogens (tertiary/aromatic N) is 2. The highest BCUT2D eigenvalue weighted by Crippen LogP contribution is 2.25. The lowest BCUT2D eigenvalue weighted by molar-refractivity contribution is 0.0415. The highest BCUT2D eigenvalue weighted by atomic mass is 16.2. The van der Waals surface area contributed by atoms with Crippen LogP contribution < -0.4 is 5.73 Å². The van der Waals surface area contributed by atoms with Crippen molar-refractivity contribution in [2.75, 3.05) is 19.8 Å². The SMILES string of the molecule is NCCC1CCCCN1CN1C(=O)c2ccccc2C1=O. The number of carbonyl (C=O) groups excluding carboxylic acids is 2. The number of imide groups is 1. The molecule has 112 valence electrons. The predicted octanol–water partition coefficient (Wildman–Crippen LogP) is 1.44. The maximum absolute atomic E-state index is 12.4. The van der Waals surface area contributed by atoms with Crippen molar-refractivity contribution in [3.63, 3.8) is 0 Å². The first-order chi connectivity index (χ1) is 10.2. The molecule has 2 amide bonds. The van der Waals surface area contributed by atoms with E-state index in [1.54, 1.807) is 24.3 Å². The van der Waals surface area contributed by atoms with Gasteiger partial charge in [-0.1, -0.05) is 18.6 Å². The van der Waals surface area contributed by atoms with Gasteiger partial charge in [0.2, 0.25) is 0 Å². The number of carbonyl (C=O) groups is 2. The summed E-state index contributed by atoms with van der Waals surface area (Å²) in [7, 11) is 0. The first kappa shape index (κ1) is 14.2. The molecule has 3 rings (SSSR count). The molecule has 2 N–H and O–H groups in total.